The van der Waals surface area contributed by atoms with Gasteiger partial charge in [0, 0.05) is 16.6 Å². The minimum absolute atomic E-state index is 0.0669. The van der Waals surface area contributed by atoms with Crippen LogP contribution in [0.2, 0.25) is 5.02 Å². The van der Waals surface area contributed by atoms with Gasteiger partial charge in [0.15, 0.2) is 0 Å². The number of hydrogen-bond donors (Lipinski definition) is 1. The van der Waals surface area contributed by atoms with Crippen molar-refractivity contribution >= 4 is 33.2 Å². The van der Waals surface area contributed by atoms with Crippen LogP contribution in [0.1, 0.15) is 18.5 Å². The Labute approximate surface area is 134 Å². The van der Waals surface area contributed by atoms with Crippen molar-refractivity contribution in [3.63, 3.8) is 0 Å². The zero-order chi connectivity index (χ0) is 15.6. The Morgan fingerprint density at radius 3 is 2.62 bits per heavy atom. The fourth-order valence-corrected chi connectivity index (χ4v) is 2.41. The molecule has 2 rings (SSSR count). The summed E-state index contributed by atoms with van der Waals surface area (Å²) in [6, 6.07) is 9.43. The Balaban J connectivity index is 2.32. The predicted molar refractivity (Wildman–Crippen MR) is 84.9 cm³/mol. The second-order valence-corrected chi connectivity index (χ2v) is 5.81. The number of non-ortho nitro benzene ring substituents is 1. The van der Waals surface area contributed by atoms with Gasteiger partial charge < -0.3 is 10.5 Å². The third-order valence-electron chi connectivity index (χ3n) is 2.78. The van der Waals surface area contributed by atoms with Crippen LogP contribution < -0.4 is 10.5 Å². The van der Waals surface area contributed by atoms with Crippen molar-refractivity contribution in [2.45, 2.75) is 13.0 Å². The summed E-state index contributed by atoms with van der Waals surface area (Å²) in [7, 11) is 0. The molecule has 2 aromatic rings. The van der Waals surface area contributed by atoms with Gasteiger partial charge in [-0.05, 0) is 30.7 Å². The Kier molecular flexibility index (Phi) is 4.82. The quantitative estimate of drug-likeness (QED) is 0.617. The molecule has 2 aromatic carbocycles. The van der Waals surface area contributed by atoms with E-state index in [1.165, 1.54) is 12.1 Å². The van der Waals surface area contributed by atoms with E-state index in [1.807, 2.05) is 6.92 Å². The highest BCUT2D eigenvalue weighted by molar-refractivity contribution is 9.10. The summed E-state index contributed by atoms with van der Waals surface area (Å²) < 4.78 is 6.16. The van der Waals surface area contributed by atoms with E-state index < -0.39 is 4.92 Å². The molecule has 7 heteroatoms. The van der Waals surface area contributed by atoms with Crippen LogP contribution in [0.5, 0.6) is 11.5 Å². The van der Waals surface area contributed by atoms with Crippen molar-refractivity contribution in [2.24, 2.45) is 5.73 Å². The molecule has 110 valence electrons. The maximum atomic E-state index is 10.8. The van der Waals surface area contributed by atoms with Crippen LogP contribution in [0.4, 0.5) is 5.69 Å². The molecule has 0 aliphatic rings. The molecule has 21 heavy (non-hydrogen) atoms. The maximum Gasteiger partial charge on any atom is 0.274 e. The average molecular weight is 372 g/mol. The summed E-state index contributed by atoms with van der Waals surface area (Å²) in [5, 5.41) is 11.2. The molecule has 0 amide bonds. The Bertz CT molecular complexity index is 692. The van der Waals surface area contributed by atoms with Crippen molar-refractivity contribution in [3.05, 3.63) is 61.6 Å². The molecule has 0 unspecified atom stereocenters. The van der Waals surface area contributed by atoms with Gasteiger partial charge >= 0.3 is 0 Å². The first kappa shape index (κ1) is 15.8. The highest BCUT2D eigenvalue weighted by Gasteiger charge is 2.12. The van der Waals surface area contributed by atoms with Gasteiger partial charge in [0.25, 0.3) is 5.69 Å². The van der Waals surface area contributed by atoms with Crippen LogP contribution in [0.3, 0.4) is 0 Å². The van der Waals surface area contributed by atoms with Gasteiger partial charge in [0.2, 0.25) is 0 Å². The van der Waals surface area contributed by atoms with E-state index in [2.05, 4.69) is 15.9 Å². The van der Waals surface area contributed by atoms with Crippen LogP contribution in [0.15, 0.2) is 40.9 Å². The van der Waals surface area contributed by atoms with Crippen molar-refractivity contribution in [1.82, 2.24) is 0 Å². The van der Waals surface area contributed by atoms with Crippen LogP contribution in [0, 0.1) is 10.1 Å². The highest BCUT2D eigenvalue weighted by Crippen LogP contribution is 2.34. The number of benzene rings is 2. The minimum Gasteiger partial charge on any atom is -0.456 e. The average Bonchev–Trinajstić information content (AvgIpc) is 2.40. The molecule has 0 saturated heterocycles. The number of rotatable bonds is 4. The second kappa shape index (κ2) is 6.43. The molecule has 1 atom stereocenters. The summed E-state index contributed by atoms with van der Waals surface area (Å²) in [4.78, 5) is 10.3. The SMILES string of the molecule is C[C@H](N)c1ccc(Oc2cc(Br)cc([N+](=O)[O-])c2)c(Cl)c1. The standard InChI is InChI=1S/C14H12BrClN2O3/c1-8(17)9-2-3-14(13(16)4-9)21-12-6-10(15)5-11(7-12)18(19)20/h2-8H,17H2,1H3/t8-/m0/s1. The first-order chi connectivity index (χ1) is 9.86. The molecule has 0 aromatic heterocycles. The van der Waals surface area contributed by atoms with E-state index >= 15 is 0 Å². The summed E-state index contributed by atoms with van der Waals surface area (Å²) in [6.45, 7) is 1.85. The third kappa shape index (κ3) is 3.93. The van der Waals surface area contributed by atoms with Crippen LogP contribution in [-0.2, 0) is 0 Å². The molecular formula is C14H12BrClN2O3. The first-order valence-corrected chi connectivity index (χ1v) is 7.22. The van der Waals surface area contributed by atoms with Gasteiger partial charge in [-0.2, -0.15) is 0 Å². The lowest BCUT2D eigenvalue weighted by Crippen LogP contribution is -2.04. The lowest BCUT2D eigenvalue weighted by atomic mass is 10.1. The largest absolute Gasteiger partial charge is 0.456 e. The predicted octanol–water partition coefficient (Wildman–Crippen LogP) is 4.82. The van der Waals surface area contributed by atoms with Gasteiger partial charge in [0.05, 0.1) is 16.0 Å². The molecule has 0 fully saturated rings. The first-order valence-electron chi connectivity index (χ1n) is 6.04. The summed E-state index contributed by atoms with van der Waals surface area (Å²) in [5.41, 5.74) is 6.59. The van der Waals surface area contributed by atoms with Crippen molar-refractivity contribution in [3.8, 4) is 11.5 Å². The van der Waals surface area contributed by atoms with E-state index in [0.29, 0.717) is 21.0 Å². The van der Waals surface area contributed by atoms with Crippen LogP contribution >= 0.6 is 27.5 Å². The maximum absolute atomic E-state index is 10.8. The van der Waals surface area contributed by atoms with E-state index in [1.54, 1.807) is 24.3 Å². The lowest BCUT2D eigenvalue weighted by Gasteiger charge is -2.11. The molecular weight excluding hydrogens is 360 g/mol. The van der Waals surface area contributed by atoms with Gasteiger partial charge in [-0.3, -0.25) is 10.1 Å². The van der Waals surface area contributed by atoms with Gasteiger partial charge in [-0.15, -0.1) is 0 Å². The molecule has 2 N–H and O–H groups in total. The summed E-state index contributed by atoms with van der Waals surface area (Å²) in [6.07, 6.45) is 0. The van der Waals surface area contributed by atoms with Crippen molar-refractivity contribution < 1.29 is 9.66 Å². The van der Waals surface area contributed by atoms with Crippen LogP contribution in [-0.4, -0.2) is 4.92 Å². The smallest absolute Gasteiger partial charge is 0.274 e. The molecule has 0 aliphatic heterocycles. The number of halogens is 2. The molecule has 0 spiro atoms. The second-order valence-electron chi connectivity index (χ2n) is 4.48. The summed E-state index contributed by atoms with van der Waals surface area (Å²) >= 11 is 9.35. The van der Waals surface area contributed by atoms with Gasteiger partial charge in [-0.25, -0.2) is 0 Å². The lowest BCUT2D eigenvalue weighted by molar-refractivity contribution is -0.385. The zero-order valence-electron chi connectivity index (χ0n) is 11.0. The van der Waals surface area contributed by atoms with E-state index in [-0.39, 0.29) is 11.7 Å². The normalized spacial score (nSPS) is 12.0. The number of nitrogens with two attached hydrogens (primary N) is 1. The molecule has 0 radical (unpaired) electrons. The van der Waals surface area contributed by atoms with E-state index in [0.717, 1.165) is 5.56 Å². The minimum atomic E-state index is -0.488. The molecule has 0 bridgehead atoms. The number of nitrogens with zero attached hydrogens (tertiary/aromatic N) is 1. The highest BCUT2D eigenvalue weighted by atomic mass is 79.9. The number of nitro groups is 1. The number of hydrogen-bond acceptors (Lipinski definition) is 4. The van der Waals surface area contributed by atoms with Gasteiger partial charge in [-0.1, -0.05) is 33.6 Å². The Hall–Kier alpha value is -1.63. The Morgan fingerprint density at radius 2 is 2.05 bits per heavy atom. The number of ether oxygens (including phenoxy) is 1. The van der Waals surface area contributed by atoms with Crippen LogP contribution in [0.25, 0.3) is 0 Å². The molecule has 0 heterocycles. The molecule has 0 aliphatic carbocycles. The van der Waals surface area contributed by atoms with Gasteiger partial charge in [0.1, 0.15) is 11.5 Å². The van der Waals surface area contributed by atoms with Crippen molar-refractivity contribution in [1.29, 1.82) is 0 Å². The van der Waals surface area contributed by atoms with E-state index in [4.69, 9.17) is 22.1 Å². The monoisotopic (exact) mass is 370 g/mol. The fraction of sp³-hybridized carbons (Fsp3) is 0.143. The topological polar surface area (TPSA) is 78.4 Å². The zero-order valence-corrected chi connectivity index (χ0v) is 13.4. The Morgan fingerprint density at radius 1 is 1.33 bits per heavy atom. The summed E-state index contributed by atoms with van der Waals surface area (Å²) in [5.74, 6) is 0.736. The molecule has 0 saturated carbocycles. The number of nitro benzene ring substituents is 1. The molecule has 5 nitrogen and oxygen atoms in total. The fourth-order valence-electron chi connectivity index (χ4n) is 1.72. The van der Waals surface area contributed by atoms with Crippen molar-refractivity contribution in [2.75, 3.05) is 0 Å². The third-order valence-corrected chi connectivity index (χ3v) is 3.53. The van der Waals surface area contributed by atoms with E-state index in [9.17, 15) is 10.1 Å².